The SMILES string of the molecule is CCNC(=O)CN(CC)C(=O)[C@H]1CCCCN1. The third kappa shape index (κ3) is 4.34. The maximum absolute atomic E-state index is 12.2. The lowest BCUT2D eigenvalue weighted by atomic mass is 10.0. The Morgan fingerprint density at radius 2 is 2.12 bits per heavy atom. The van der Waals surface area contributed by atoms with Gasteiger partial charge in [0, 0.05) is 13.1 Å². The first-order valence-corrected chi connectivity index (χ1v) is 6.47. The summed E-state index contributed by atoms with van der Waals surface area (Å²) in [5, 5.41) is 5.93. The number of carbonyl (C=O) groups is 2. The van der Waals surface area contributed by atoms with Gasteiger partial charge in [0.05, 0.1) is 12.6 Å². The third-order valence-corrected chi connectivity index (χ3v) is 3.01. The quantitative estimate of drug-likeness (QED) is 0.718. The molecule has 5 heteroatoms. The van der Waals surface area contributed by atoms with E-state index in [-0.39, 0.29) is 24.4 Å². The molecular formula is C12H23N3O2. The van der Waals surface area contributed by atoms with Gasteiger partial charge in [0.25, 0.3) is 0 Å². The number of piperidine rings is 1. The van der Waals surface area contributed by atoms with E-state index in [1.165, 1.54) is 0 Å². The van der Waals surface area contributed by atoms with Crippen LogP contribution in [0.1, 0.15) is 33.1 Å². The van der Waals surface area contributed by atoms with Crippen LogP contribution in [-0.2, 0) is 9.59 Å². The highest BCUT2D eigenvalue weighted by atomic mass is 16.2. The Bertz CT molecular complexity index is 262. The van der Waals surface area contributed by atoms with E-state index in [0.717, 1.165) is 25.8 Å². The molecule has 98 valence electrons. The predicted molar refractivity (Wildman–Crippen MR) is 66.6 cm³/mol. The topological polar surface area (TPSA) is 61.4 Å². The molecule has 2 amide bonds. The Morgan fingerprint density at radius 3 is 2.65 bits per heavy atom. The van der Waals surface area contributed by atoms with Crippen LogP contribution in [0.2, 0.25) is 0 Å². The molecule has 0 saturated carbocycles. The number of likely N-dealkylation sites (N-methyl/N-ethyl adjacent to an activating group) is 2. The fourth-order valence-electron chi connectivity index (χ4n) is 2.05. The zero-order valence-corrected chi connectivity index (χ0v) is 10.8. The van der Waals surface area contributed by atoms with E-state index >= 15 is 0 Å². The Kier molecular flexibility index (Phi) is 5.97. The molecule has 0 spiro atoms. The summed E-state index contributed by atoms with van der Waals surface area (Å²) in [6.07, 6.45) is 3.10. The number of hydrogen-bond acceptors (Lipinski definition) is 3. The van der Waals surface area contributed by atoms with Crippen molar-refractivity contribution in [2.24, 2.45) is 0 Å². The normalized spacial score (nSPS) is 19.8. The molecule has 0 aromatic carbocycles. The van der Waals surface area contributed by atoms with Gasteiger partial charge in [-0.3, -0.25) is 9.59 Å². The zero-order chi connectivity index (χ0) is 12.7. The largest absolute Gasteiger partial charge is 0.355 e. The van der Waals surface area contributed by atoms with Crippen molar-refractivity contribution in [3.8, 4) is 0 Å². The first-order valence-electron chi connectivity index (χ1n) is 6.47. The zero-order valence-electron chi connectivity index (χ0n) is 10.8. The second kappa shape index (κ2) is 7.27. The minimum Gasteiger partial charge on any atom is -0.355 e. The van der Waals surface area contributed by atoms with Crippen molar-refractivity contribution in [3.05, 3.63) is 0 Å². The Morgan fingerprint density at radius 1 is 1.35 bits per heavy atom. The van der Waals surface area contributed by atoms with Gasteiger partial charge in [-0.25, -0.2) is 0 Å². The van der Waals surface area contributed by atoms with Crippen LogP contribution in [0.5, 0.6) is 0 Å². The fraction of sp³-hybridized carbons (Fsp3) is 0.833. The van der Waals surface area contributed by atoms with Crippen molar-refractivity contribution in [2.75, 3.05) is 26.2 Å². The highest BCUT2D eigenvalue weighted by Crippen LogP contribution is 2.09. The maximum atomic E-state index is 12.2. The van der Waals surface area contributed by atoms with Crippen molar-refractivity contribution in [1.82, 2.24) is 15.5 Å². The van der Waals surface area contributed by atoms with Crippen molar-refractivity contribution < 1.29 is 9.59 Å². The van der Waals surface area contributed by atoms with Crippen LogP contribution in [0, 0.1) is 0 Å². The number of amides is 2. The van der Waals surface area contributed by atoms with Gasteiger partial charge in [-0.2, -0.15) is 0 Å². The molecule has 0 unspecified atom stereocenters. The van der Waals surface area contributed by atoms with E-state index in [1.54, 1.807) is 4.90 Å². The second-order valence-electron chi connectivity index (χ2n) is 4.31. The molecule has 17 heavy (non-hydrogen) atoms. The van der Waals surface area contributed by atoms with Crippen LogP contribution < -0.4 is 10.6 Å². The number of hydrogen-bond donors (Lipinski definition) is 2. The first kappa shape index (κ1) is 14.0. The summed E-state index contributed by atoms with van der Waals surface area (Å²) in [5.41, 5.74) is 0. The summed E-state index contributed by atoms with van der Waals surface area (Å²) in [6, 6.07) is -0.0990. The van der Waals surface area contributed by atoms with Gasteiger partial charge in [0.15, 0.2) is 0 Å². The summed E-state index contributed by atoms with van der Waals surface area (Å²) < 4.78 is 0. The Balaban J connectivity index is 2.47. The molecule has 1 saturated heterocycles. The summed E-state index contributed by atoms with van der Waals surface area (Å²) in [7, 11) is 0. The number of rotatable bonds is 5. The summed E-state index contributed by atoms with van der Waals surface area (Å²) in [4.78, 5) is 25.2. The van der Waals surface area contributed by atoms with Gasteiger partial charge in [-0.1, -0.05) is 6.42 Å². The van der Waals surface area contributed by atoms with Crippen LogP contribution in [-0.4, -0.2) is 48.9 Å². The number of nitrogens with one attached hydrogen (secondary N) is 2. The van der Waals surface area contributed by atoms with Crippen LogP contribution in [0.4, 0.5) is 0 Å². The standard InChI is InChI=1S/C12H23N3O2/c1-3-13-11(16)9-15(4-2)12(17)10-7-5-6-8-14-10/h10,14H,3-9H2,1-2H3,(H,13,16)/t10-/m1/s1. The van der Waals surface area contributed by atoms with Gasteiger partial charge >= 0.3 is 0 Å². The molecule has 0 bridgehead atoms. The third-order valence-electron chi connectivity index (χ3n) is 3.01. The van der Waals surface area contributed by atoms with Gasteiger partial charge in [-0.05, 0) is 33.2 Å². The molecule has 5 nitrogen and oxygen atoms in total. The highest BCUT2D eigenvalue weighted by molar-refractivity contribution is 5.87. The average molecular weight is 241 g/mol. The van der Waals surface area contributed by atoms with Crippen LogP contribution in [0.3, 0.4) is 0 Å². The summed E-state index contributed by atoms with van der Waals surface area (Å²) in [6.45, 7) is 6.02. The molecule has 1 aliphatic rings. The Hall–Kier alpha value is -1.10. The average Bonchev–Trinajstić information content (AvgIpc) is 2.36. The molecule has 0 aromatic rings. The van der Waals surface area contributed by atoms with E-state index in [1.807, 2.05) is 13.8 Å². The predicted octanol–water partition coefficient (Wildman–Crippen LogP) is 0.113. The molecule has 1 aliphatic heterocycles. The smallest absolute Gasteiger partial charge is 0.240 e. The van der Waals surface area contributed by atoms with Crippen LogP contribution >= 0.6 is 0 Å². The van der Waals surface area contributed by atoms with Gasteiger partial charge in [-0.15, -0.1) is 0 Å². The van der Waals surface area contributed by atoms with Crippen molar-refractivity contribution in [3.63, 3.8) is 0 Å². The fourth-order valence-corrected chi connectivity index (χ4v) is 2.05. The summed E-state index contributed by atoms with van der Waals surface area (Å²) in [5.74, 6) is -0.0306. The van der Waals surface area contributed by atoms with Gasteiger partial charge in [0.1, 0.15) is 0 Å². The molecular weight excluding hydrogens is 218 g/mol. The lowest BCUT2D eigenvalue weighted by Crippen LogP contribution is -2.51. The highest BCUT2D eigenvalue weighted by Gasteiger charge is 2.25. The minimum atomic E-state index is -0.0990. The number of nitrogens with zero attached hydrogens (tertiary/aromatic N) is 1. The molecule has 0 aromatic heterocycles. The van der Waals surface area contributed by atoms with E-state index in [2.05, 4.69) is 10.6 Å². The van der Waals surface area contributed by atoms with Crippen molar-refractivity contribution in [1.29, 1.82) is 0 Å². The lowest BCUT2D eigenvalue weighted by Gasteiger charge is -2.28. The first-order chi connectivity index (χ1) is 8.19. The minimum absolute atomic E-state index is 0.0541. The number of carbonyl (C=O) groups excluding carboxylic acids is 2. The molecule has 1 heterocycles. The van der Waals surface area contributed by atoms with Crippen LogP contribution in [0.25, 0.3) is 0 Å². The molecule has 1 fully saturated rings. The molecule has 1 rings (SSSR count). The lowest BCUT2D eigenvalue weighted by molar-refractivity contribution is -0.138. The molecule has 0 radical (unpaired) electrons. The molecule has 2 N–H and O–H groups in total. The van der Waals surface area contributed by atoms with Gasteiger partial charge in [0.2, 0.25) is 11.8 Å². The van der Waals surface area contributed by atoms with E-state index in [0.29, 0.717) is 13.1 Å². The van der Waals surface area contributed by atoms with Crippen molar-refractivity contribution >= 4 is 11.8 Å². The van der Waals surface area contributed by atoms with Crippen molar-refractivity contribution in [2.45, 2.75) is 39.2 Å². The molecule has 1 atom stereocenters. The second-order valence-corrected chi connectivity index (χ2v) is 4.31. The molecule has 0 aliphatic carbocycles. The van der Waals surface area contributed by atoms with Crippen LogP contribution in [0.15, 0.2) is 0 Å². The van der Waals surface area contributed by atoms with E-state index < -0.39 is 0 Å². The van der Waals surface area contributed by atoms with E-state index in [4.69, 9.17) is 0 Å². The van der Waals surface area contributed by atoms with Gasteiger partial charge < -0.3 is 15.5 Å². The maximum Gasteiger partial charge on any atom is 0.240 e. The van der Waals surface area contributed by atoms with E-state index in [9.17, 15) is 9.59 Å². The monoisotopic (exact) mass is 241 g/mol. The summed E-state index contributed by atoms with van der Waals surface area (Å²) >= 11 is 0. The Labute approximate surface area is 103 Å².